The smallest absolute Gasteiger partial charge is 0.0132 e. The third kappa shape index (κ3) is 2.05. The van der Waals surface area contributed by atoms with Gasteiger partial charge in [0.15, 0.2) is 0 Å². The second-order valence-corrected chi connectivity index (χ2v) is 2.84. The Kier molecular flexibility index (Phi) is 2.10. The highest BCUT2D eigenvalue weighted by Crippen LogP contribution is 2.19. The topological polar surface area (TPSA) is 0 Å². The Morgan fingerprint density at radius 2 is 2.33 bits per heavy atom. The Bertz CT molecular complexity index is 138. The van der Waals surface area contributed by atoms with Crippen LogP contribution in [0.2, 0.25) is 0 Å². The Labute approximate surface area is 57.3 Å². The molecule has 0 amide bonds. The van der Waals surface area contributed by atoms with Gasteiger partial charge >= 0.3 is 0 Å². The van der Waals surface area contributed by atoms with E-state index in [2.05, 4.69) is 32.1 Å². The molecule has 1 aliphatic carbocycles. The predicted molar refractivity (Wildman–Crippen MR) is 41.0 cm³/mol. The molecule has 0 aliphatic heterocycles. The van der Waals surface area contributed by atoms with E-state index in [0.29, 0.717) is 0 Å². The van der Waals surface area contributed by atoms with E-state index in [4.69, 9.17) is 0 Å². The minimum atomic E-state index is 1.17. The maximum absolute atomic E-state index is 2.22. The van der Waals surface area contributed by atoms with E-state index in [-0.39, 0.29) is 0 Å². The zero-order valence-corrected chi connectivity index (χ0v) is 6.15. The summed E-state index contributed by atoms with van der Waals surface area (Å²) < 4.78 is 0. The fourth-order valence-corrected chi connectivity index (χ4v) is 1.08. The lowest BCUT2D eigenvalue weighted by Crippen LogP contribution is -1.85. The normalized spacial score (nSPS) is 17.0. The largest absolute Gasteiger partial charge is 0.0805 e. The molecule has 0 aromatic carbocycles. The van der Waals surface area contributed by atoms with Gasteiger partial charge in [-0.3, -0.25) is 0 Å². The van der Waals surface area contributed by atoms with Crippen molar-refractivity contribution in [2.24, 2.45) is 0 Å². The van der Waals surface area contributed by atoms with Gasteiger partial charge in [0.05, 0.1) is 0 Å². The molecule has 0 aromatic rings. The van der Waals surface area contributed by atoms with Crippen LogP contribution in [-0.2, 0) is 0 Å². The molecule has 0 aromatic heterocycles. The maximum atomic E-state index is 2.22. The summed E-state index contributed by atoms with van der Waals surface area (Å²) in [5.74, 6) is 1.50. The van der Waals surface area contributed by atoms with Gasteiger partial charge in [-0.25, -0.2) is 0 Å². The number of allylic oxidation sites excluding steroid dienone is 4. The molecule has 0 bridgehead atoms. The van der Waals surface area contributed by atoms with Crippen molar-refractivity contribution in [1.29, 1.82) is 0 Å². The lowest BCUT2D eigenvalue weighted by atomic mass is 10.0. The van der Waals surface area contributed by atoms with Crippen molar-refractivity contribution in [1.82, 2.24) is 0 Å². The van der Waals surface area contributed by atoms with Gasteiger partial charge < -0.3 is 0 Å². The Hall–Kier alpha value is -0.520. The van der Waals surface area contributed by atoms with Crippen molar-refractivity contribution in [2.45, 2.75) is 26.7 Å². The second kappa shape index (κ2) is 2.86. The van der Waals surface area contributed by atoms with Gasteiger partial charge in [-0.2, -0.15) is 0 Å². The van der Waals surface area contributed by atoms with E-state index in [1.807, 2.05) is 0 Å². The van der Waals surface area contributed by atoms with Crippen LogP contribution >= 0.6 is 0 Å². The summed E-state index contributed by atoms with van der Waals surface area (Å²) in [5.41, 5.74) is 1.55. The van der Waals surface area contributed by atoms with Gasteiger partial charge in [0.1, 0.15) is 0 Å². The van der Waals surface area contributed by atoms with Crippen molar-refractivity contribution >= 4 is 0 Å². The highest BCUT2D eigenvalue weighted by atomic mass is 14.1. The van der Waals surface area contributed by atoms with Crippen LogP contribution in [-0.4, -0.2) is 0 Å². The van der Waals surface area contributed by atoms with Gasteiger partial charge in [-0.15, -0.1) is 0 Å². The van der Waals surface area contributed by atoms with E-state index >= 15 is 0 Å². The molecule has 0 N–H and O–H groups in total. The molecule has 1 radical (unpaired) electrons. The summed E-state index contributed by atoms with van der Waals surface area (Å²) in [4.78, 5) is 0. The highest BCUT2D eigenvalue weighted by Gasteiger charge is 2.01. The van der Waals surface area contributed by atoms with Crippen LogP contribution < -0.4 is 0 Å². The van der Waals surface area contributed by atoms with E-state index in [0.717, 1.165) is 0 Å². The standard InChI is InChI=1S/C9H13/c1-8(2)7-9-5-3-4-6-9/h3-5H,6-7H2,1-2H3. The highest BCUT2D eigenvalue weighted by molar-refractivity contribution is 5.24. The lowest BCUT2D eigenvalue weighted by molar-refractivity contribution is 0.921. The molecule has 0 heterocycles. The maximum Gasteiger partial charge on any atom is -0.0132 e. The predicted octanol–water partition coefficient (Wildman–Crippen LogP) is 2.88. The zero-order valence-electron chi connectivity index (χ0n) is 6.15. The molecule has 0 unspecified atom stereocenters. The van der Waals surface area contributed by atoms with Crippen LogP contribution in [0.5, 0.6) is 0 Å². The van der Waals surface area contributed by atoms with Crippen LogP contribution in [0.15, 0.2) is 23.8 Å². The number of hydrogen-bond acceptors (Lipinski definition) is 0. The average molecular weight is 121 g/mol. The average Bonchev–Trinajstić information content (AvgIpc) is 2.15. The van der Waals surface area contributed by atoms with Crippen molar-refractivity contribution in [3.63, 3.8) is 0 Å². The van der Waals surface area contributed by atoms with E-state index in [9.17, 15) is 0 Å². The first-order chi connectivity index (χ1) is 4.29. The second-order valence-electron chi connectivity index (χ2n) is 2.84. The van der Waals surface area contributed by atoms with Crippen molar-refractivity contribution in [3.8, 4) is 0 Å². The lowest BCUT2D eigenvalue weighted by Gasteiger charge is -2.02. The summed E-state index contributed by atoms with van der Waals surface area (Å²) in [6.45, 7) is 4.36. The summed E-state index contributed by atoms with van der Waals surface area (Å²) >= 11 is 0. The van der Waals surface area contributed by atoms with Crippen molar-refractivity contribution in [3.05, 3.63) is 29.7 Å². The molecule has 9 heavy (non-hydrogen) atoms. The molecule has 0 spiro atoms. The fourth-order valence-electron chi connectivity index (χ4n) is 1.08. The monoisotopic (exact) mass is 121 g/mol. The molecule has 0 nitrogen and oxygen atoms in total. The minimum Gasteiger partial charge on any atom is -0.0805 e. The summed E-state index contributed by atoms with van der Waals surface area (Å²) in [6, 6.07) is 0. The van der Waals surface area contributed by atoms with Crippen molar-refractivity contribution < 1.29 is 0 Å². The van der Waals surface area contributed by atoms with E-state index in [1.165, 1.54) is 18.8 Å². The fraction of sp³-hybridized carbons (Fsp3) is 0.444. The Morgan fingerprint density at radius 1 is 1.56 bits per heavy atom. The zero-order chi connectivity index (χ0) is 6.69. The van der Waals surface area contributed by atoms with E-state index < -0.39 is 0 Å². The first kappa shape index (κ1) is 6.60. The van der Waals surface area contributed by atoms with Gasteiger partial charge in [0, 0.05) is 0 Å². The van der Waals surface area contributed by atoms with Crippen LogP contribution in [0.3, 0.4) is 0 Å². The molecule has 0 heteroatoms. The Balaban J connectivity index is 2.30. The Morgan fingerprint density at radius 3 is 2.78 bits per heavy atom. The number of rotatable bonds is 2. The SMILES string of the molecule is C[C](C)CC1=CC=CC1. The molecule has 0 saturated carbocycles. The molecule has 49 valence electrons. The quantitative estimate of drug-likeness (QED) is 0.527. The third-order valence-corrected chi connectivity index (χ3v) is 1.43. The molecule has 1 aliphatic rings. The summed E-state index contributed by atoms with van der Waals surface area (Å²) in [7, 11) is 0. The van der Waals surface area contributed by atoms with Gasteiger partial charge in [-0.1, -0.05) is 37.6 Å². The summed E-state index contributed by atoms with van der Waals surface area (Å²) in [6.07, 6.45) is 8.92. The minimum absolute atomic E-state index is 1.17. The van der Waals surface area contributed by atoms with E-state index in [1.54, 1.807) is 5.57 Å². The third-order valence-electron chi connectivity index (χ3n) is 1.43. The van der Waals surface area contributed by atoms with Gasteiger partial charge in [0.2, 0.25) is 0 Å². The molecule has 0 fully saturated rings. The first-order valence-electron chi connectivity index (χ1n) is 3.42. The first-order valence-corrected chi connectivity index (χ1v) is 3.42. The molecule has 1 rings (SSSR count). The van der Waals surface area contributed by atoms with Crippen LogP contribution in [0.4, 0.5) is 0 Å². The van der Waals surface area contributed by atoms with Crippen molar-refractivity contribution in [2.75, 3.05) is 0 Å². The molecular formula is C9H13. The number of hydrogen-bond donors (Lipinski definition) is 0. The molecule has 0 atom stereocenters. The summed E-state index contributed by atoms with van der Waals surface area (Å²) in [5, 5.41) is 0. The van der Waals surface area contributed by atoms with Gasteiger partial charge in [-0.05, 0) is 18.8 Å². The van der Waals surface area contributed by atoms with Crippen LogP contribution in [0.25, 0.3) is 0 Å². The molecular weight excluding hydrogens is 108 g/mol. The van der Waals surface area contributed by atoms with Crippen LogP contribution in [0.1, 0.15) is 26.7 Å². The molecule has 0 saturated heterocycles. The van der Waals surface area contributed by atoms with Crippen LogP contribution in [0, 0.1) is 5.92 Å². The van der Waals surface area contributed by atoms with Gasteiger partial charge in [0.25, 0.3) is 0 Å².